The molecule has 0 aliphatic carbocycles. The molecule has 3 nitrogen and oxygen atoms in total. The van der Waals surface area contributed by atoms with Crippen LogP contribution in [0.5, 0.6) is 0 Å². The maximum Gasteiger partial charge on any atom is 0.146 e. The fourth-order valence-corrected chi connectivity index (χ4v) is 2.85. The topological polar surface area (TPSA) is 55.3 Å². The van der Waals surface area contributed by atoms with Gasteiger partial charge in [0.25, 0.3) is 0 Å². The lowest BCUT2D eigenvalue weighted by atomic mass is 9.89. The van der Waals surface area contributed by atoms with Gasteiger partial charge < -0.3 is 9.66 Å². The minimum Gasteiger partial charge on any atom is -0.598 e. The number of aliphatic hydroxyl groups is 1. The Bertz CT molecular complexity index is 467. The predicted molar refractivity (Wildman–Crippen MR) is 81.5 cm³/mol. The van der Waals surface area contributed by atoms with Crippen LogP contribution in [0.1, 0.15) is 39.7 Å². The van der Waals surface area contributed by atoms with Crippen molar-refractivity contribution in [3.63, 3.8) is 0 Å². The first-order chi connectivity index (χ1) is 9.12. The minimum atomic E-state index is -1.39. The Hall–Kier alpha value is -0.330. The molecule has 1 rings (SSSR count). The SMILES string of the molecule is CC(CCO)(N[S+]([O-])C(C)(C)C)c1cccc(Cl)c1F. The zero-order valence-corrected chi connectivity index (χ0v) is 13.7. The van der Waals surface area contributed by atoms with Crippen LogP contribution in [-0.2, 0) is 16.9 Å². The lowest BCUT2D eigenvalue weighted by Gasteiger charge is -2.35. The molecule has 114 valence electrons. The molecule has 0 aromatic heterocycles. The van der Waals surface area contributed by atoms with E-state index in [-0.39, 0.29) is 18.1 Å². The van der Waals surface area contributed by atoms with Crippen LogP contribution in [0.2, 0.25) is 5.02 Å². The van der Waals surface area contributed by atoms with Gasteiger partial charge in [0, 0.05) is 23.5 Å². The van der Waals surface area contributed by atoms with Crippen molar-refractivity contribution in [2.24, 2.45) is 0 Å². The van der Waals surface area contributed by atoms with Gasteiger partial charge in [-0.05, 0) is 40.2 Å². The van der Waals surface area contributed by atoms with E-state index < -0.39 is 27.5 Å². The highest BCUT2D eigenvalue weighted by Crippen LogP contribution is 2.32. The Morgan fingerprint density at radius 2 is 1.95 bits per heavy atom. The molecule has 0 heterocycles. The highest BCUT2D eigenvalue weighted by molar-refractivity contribution is 7.90. The third-order valence-corrected chi connectivity index (χ3v) is 5.07. The molecule has 0 bridgehead atoms. The highest BCUT2D eigenvalue weighted by atomic mass is 35.5. The second-order valence-electron chi connectivity index (χ2n) is 5.89. The molecule has 0 aliphatic rings. The maximum atomic E-state index is 14.2. The molecule has 6 heteroatoms. The molecular formula is C14H21ClFNO2S. The predicted octanol–water partition coefficient (Wildman–Crippen LogP) is 3.13. The van der Waals surface area contributed by atoms with Crippen LogP contribution in [0.15, 0.2) is 18.2 Å². The van der Waals surface area contributed by atoms with Crippen molar-refractivity contribution < 1.29 is 14.0 Å². The lowest BCUT2D eigenvalue weighted by Crippen LogP contribution is -2.50. The summed E-state index contributed by atoms with van der Waals surface area (Å²) in [5.74, 6) is -0.552. The molecule has 0 aliphatic heterocycles. The summed E-state index contributed by atoms with van der Waals surface area (Å²) in [7, 11) is 0. The van der Waals surface area contributed by atoms with E-state index in [0.717, 1.165) is 0 Å². The summed E-state index contributed by atoms with van der Waals surface area (Å²) < 4.78 is 28.9. The summed E-state index contributed by atoms with van der Waals surface area (Å²) >= 11 is 4.41. The van der Waals surface area contributed by atoms with E-state index in [1.165, 1.54) is 6.07 Å². The van der Waals surface area contributed by atoms with Gasteiger partial charge in [0.1, 0.15) is 10.6 Å². The number of nitrogens with one attached hydrogen (secondary N) is 1. The van der Waals surface area contributed by atoms with E-state index in [1.54, 1.807) is 19.1 Å². The van der Waals surface area contributed by atoms with Gasteiger partial charge in [-0.25, -0.2) is 4.39 Å². The minimum absolute atomic E-state index is 0.00926. The fourth-order valence-electron chi connectivity index (χ4n) is 1.75. The molecule has 1 aromatic carbocycles. The number of benzene rings is 1. The summed E-state index contributed by atoms with van der Waals surface area (Å²) in [6.07, 6.45) is 0.228. The van der Waals surface area contributed by atoms with Crippen LogP contribution in [0.3, 0.4) is 0 Å². The van der Waals surface area contributed by atoms with E-state index in [9.17, 15) is 14.0 Å². The first kappa shape index (κ1) is 17.7. The Morgan fingerprint density at radius 1 is 1.35 bits per heavy atom. The van der Waals surface area contributed by atoms with Crippen LogP contribution in [0.4, 0.5) is 4.39 Å². The molecule has 0 fully saturated rings. The lowest BCUT2D eigenvalue weighted by molar-refractivity contribution is 0.234. The number of halogens is 2. The van der Waals surface area contributed by atoms with Gasteiger partial charge in [-0.2, -0.15) is 0 Å². The van der Waals surface area contributed by atoms with Crippen LogP contribution in [0, 0.1) is 5.82 Å². The van der Waals surface area contributed by atoms with Gasteiger partial charge in [0.2, 0.25) is 0 Å². The molecule has 2 unspecified atom stereocenters. The number of aliphatic hydroxyl groups excluding tert-OH is 1. The number of rotatable bonds is 5. The second kappa shape index (κ2) is 6.62. The monoisotopic (exact) mass is 321 g/mol. The molecular weight excluding hydrogens is 301 g/mol. The summed E-state index contributed by atoms with van der Waals surface area (Å²) in [5.41, 5.74) is -0.654. The Kier molecular flexibility index (Phi) is 5.87. The van der Waals surface area contributed by atoms with Crippen LogP contribution < -0.4 is 4.72 Å². The molecule has 0 spiro atoms. The first-order valence-corrected chi connectivity index (χ1v) is 7.89. The standard InChI is InChI=1S/C14H21ClFNO2S/c1-13(2,3)20(19)17-14(4,8-9-18)10-6-5-7-11(15)12(10)16/h5-7,17-18H,8-9H2,1-4H3. The van der Waals surface area contributed by atoms with Gasteiger partial charge in [0.15, 0.2) is 0 Å². The van der Waals surface area contributed by atoms with Gasteiger partial charge in [-0.1, -0.05) is 23.7 Å². The molecule has 1 aromatic rings. The average Bonchev–Trinajstić information content (AvgIpc) is 2.31. The van der Waals surface area contributed by atoms with Crippen molar-refractivity contribution in [1.29, 1.82) is 0 Å². The Labute approximate surface area is 127 Å². The fraction of sp³-hybridized carbons (Fsp3) is 0.571. The van der Waals surface area contributed by atoms with E-state index in [4.69, 9.17) is 11.6 Å². The van der Waals surface area contributed by atoms with Crippen molar-refractivity contribution >= 4 is 23.0 Å². The quantitative estimate of drug-likeness (QED) is 0.819. The third kappa shape index (κ3) is 4.09. The second-order valence-corrected chi connectivity index (χ2v) is 8.26. The third-order valence-electron chi connectivity index (χ3n) is 3.03. The van der Waals surface area contributed by atoms with Gasteiger partial charge >= 0.3 is 0 Å². The van der Waals surface area contributed by atoms with E-state index >= 15 is 0 Å². The van der Waals surface area contributed by atoms with E-state index in [2.05, 4.69) is 4.72 Å². The molecule has 2 N–H and O–H groups in total. The molecule has 0 amide bonds. The van der Waals surface area contributed by atoms with Crippen LogP contribution in [-0.4, -0.2) is 21.0 Å². The summed E-state index contributed by atoms with van der Waals surface area (Å²) in [6, 6.07) is 4.68. The van der Waals surface area contributed by atoms with E-state index in [1.807, 2.05) is 20.8 Å². The molecule has 0 radical (unpaired) electrons. The van der Waals surface area contributed by atoms with Crippen molar-refractivity contribution in [3.05, 3.63) is 34.6 Å². The van der Waals surface area contributed by atoms with E-state index in [0.29, 0.717) is 5.56 Å². The zero-order valence-electron chi connectivity index (χ0n) is 12.2. The Balaban J connectivity index is 3.18. The van der Waals surface area contributed by atoms with Gasteiger partial charge in [-0.3, -0.25) is 0 Å². The summed E-state index contributed by atoms with van der Waals surface area (Å²) in [4.78, 5) is 0. The summed E-state index contributed by atoms with van der Waals surface area (Å²) in [6.45, 7) is 7.02. The average molecular weight is 322 g/mol. The van der Waals surface area contributed by atoms with Crippen molar-refractivity contribution in [2.75, 3.05) is 6.61 Å². The first-order valence-electron chi connectivity index (χ1n) is 6.37. The number of hydrogen-bond acceptors (Lipinski definition) is 3. The molecule has 0 saturated heterocycles. The molecule has 2 atom stereocenters. The number of hydrogen-bond donors (Lipinski definition) is 2. The summed E-state index contributed by atoms with van der Waals surface area (Å²) in [5, 5.41) is 9.25. The normalized spacial score (nSPS) is 16.8. The Morgan fingerprint density at radius 3 is 2.45 bits per heavy atom. The molecule has 20 heavy (non-hydrogen) atoms. The molecule has 0 saturated carbocycles. The smallest absolute Gasteiger partial charge is 0.146 e. The zero-order chi connectivity index (χ0) is 15.6. The van der Waals surface area contributed by atoms with Crippen molar-refractivity contribution in [1.82, 2.24) is 4.72 Å². The van der Waals surface area contributed by atoms with Crippen LogP contribution >= 0.6 is 11.6 Å². The van der Waals surface area contributed by atoms with Crippen LogP contribution in [0.25, 0.3) is 0 Å². The maximum absolute atomic E-state index is 14.2. The van der Waals surface area contributed by atoms with Crippen molar-refractivity contribution in [3.8, 4) is 0 Å². The van der Waals surface area contributed by atoms with Gasteiger partial charge in [0.05, 0.1) is 10.6 Å². The largest absolute Gasteiger partial charge is 0.598 e. The van der Waals surface area contributed by atoms with Crippen molar-refractivity contribution in [2.45, 2.75) is 44.4 Å². The highest BCUT2D eigenvalue weighted by Gasteiger charge is 2.38. The van der Waals surface area contributed by atoms with Gasteiger partial charge in [-0.15, -0.1) is 4.72 Å².